The zero-order valence-corrected chi connectivity index (χ0v) is 23.1. The quantitative estimate of drug-likeness (QED) is 0.119. The van der Waals surface area contributed by atoms with Crippen molar-refractivity contribution in [3.05, 3.63) is 47.8 Å². The topological polar surface area (TPSA) is 119 Å². The Bertz CT molecular complexity index is 1220. The second kappa shape index (κ2) is 13.8. The molecular formula is C26H38N2O6P2. The van der Waals surface area contributed by atoms with E-state index in [2.05, 4.69) is 36.4 Å². The maximum atomic E-state index is 12.1. The molecule has 0 saturated heterocycles. The molecule has 36 heavy (non-hydrogen) atoms. The fourth-order valence-corrected chi connectivity index (χ4v) is 6.09. The molecule has 198 valence electrons. The van der Waals surface area contributed by atoms with Crippen molar-refractivity contribution >= 4 is 37.0 Å². The Morgan fingerprint density at radius 2 is 1.06 bits per heavy atom. The summed E-state index contributed by atoms with van der Waals surface area (Å²) in [5, 5.41) is 2.14. The molecule has 0 fully saturated rings. The van der Waals surface area contributed by atoms with E-state index in [1.54, 1.807) is 0 Å². The van der Waals surface area contributed by atoms with E-state index in [9.17, 15) is 9.13 Å². The van der Waals surface area contributed by atoms with Gasteiger partial charge in [-0.2, -0.15) is 0 Å². The van der Waals surface area contributed by atoms with Gasteiger partial charge >= 0.3 is 15.2 Å². The molecule has 0 aliphatic rings. The van der Waals surface area contributed by atoms with Crippen LogP contribution in [0.1, 0.15) is 62.8 Å². The number of benzene rings is 1. The highest BCUT2D eigenvalue weighted by molar-refractivity contribution is 7.53. The Balaban J connectivity index is 1.56. The van der Waals surface area contributed by atoms with Gasteiger partial charge in [-0.1, -0.05) is 49.9 Å². The first-order chi connectivity index (χ1) is 17.2. The first kappa shape index (κ1) is 28.9. The lowest BCUT2D eigenvalue weighted by Crippen LogP contribution is -1.97. The highest BCUT2D eigenvalue weighted by Gasteiger charge is 2.19. The van der Waals surface area contributed by atoms with E-state index >= 15 is 0 Å². The van der Waals surface area contributed by atoms with Crippen LogP contribution < -0.4 is 0 Å². The van der Waals surface area contributed by atoms with Crippen LogP contribution in [0, 0.1) is 0 Å². The van der Waals surface area contributed by atoms with Crippen molar-refractivity contribution in [2.75, 3.05) is 26.5 Å². The third-order valence-corrected chi connectivity index (χ3v) is 9.31. The van der Waals surface area contributed by atoms with Crippen molar-refractivity contribution in [2.24, 2.45) is 0 Å². The number of fused-ring (bicyclic) bond motifs is 3. The lowest BCUT2D eigenvalue weighted by molar-refractivity contribution is 0.275. The molecule has 2 aromatic heterocycles. The molecule has 0 bridgehead atoms. The Morgan fingerprint density at radius 1 is 0.639 bits per heavy atom. The molecule has 3 aromatic rings. The molecule has 2 heterocycles. The van der Waals surface area contributed by atoms with Gasteiger partial charge in [-0.3, -0.25) is 19.1 Å². The van der Waals surface area contributed by atoms with E-state index in [0.29, 0.717) is 12.6 Å². The van der Waals surface area contributed by atoms with E-state index in [-0.39, 0.29) is 6.16 Å². The summed E-state index contributed by atoms with van der Waals surface area (Å²) in [5.41, 5.74) is 3.91. The van der Waals surface area contributed by atoms with Crippen LogP contribution in [0.3, 0.4) is 0 Å². The van der Waals surface area contributed by atoms with Crippen molar-refractivity contribution < 1.29 is 28.0 Å². The lowest BCUT2D eigenvalue weighted by Gasteiger charge is -2.12. The number of aromatic nitrogens is 2. The summed E-state index contributed by atoms with van der Waals surface area (Å²) >= 11 is 0. The van der Waals surface area contributed by atoms with Gasteiger partial charge in [0.05, 0.1) is 17.2 Å². The van der Waals surface area contributed by atoms with Gasteiger partial charge in [0.15, 0.2) is 0 Å². The molecule has 3 rings (SSSR count). The summed E-state index contributed by atoms with van der Waals surface area (Å²) in [7, 11) is -3.94. The van der Waals surface area contributed by atoms with Crippen molar-refractivity contribution in [1.82, 2.24) is 9.97 Å². The average Bonchev–Trinajstić information content (AvgIpc) is 2.87. The molecule has 8 nitrogen and oxygen atoms in total. The molecule has 0 aliphatic carbocycles. The molecule has 1 aromatic carbocycles. The van der Waals surface area contributed by atoms with Gasteiger partial charge in [0.1, 0.15) is 0 Å². The zero-order chi connectivity index (χ0) is 26.0. The minimum Gasteiger partial charge on any atom is -0.324 e. The van der Waals surface area contributed by atoms with Crippen molar-refractivity contribution in [3.63, 3.8) is 0 Å². The third kappa shape index (κ3) is 9.02. The summed E-state index contributed by atoms with van der Waals surface area (Å²) in [5.74, 6) is 0. The van der Waals surface area contributed by atoms with Gasteiger partial charge in [0.25, 0.3) is 0 Å². The Labute approximate surface area is 213 Å². The van der Waals surface area contributed by atoms with Crippen LogP contribution >= 0.6 is 15.2 Å². The first-order valence-electron chi connectivity index (χ1n) is 12.7. The summed E-state index contributed by atoms with van der Waals surface area (Å²) in [6.07, 6.45) is 9.16. The molecule has 10 heteroatoms. The van der Waals surface area contributed by atoms with Gasteiger partial charge < -0.3 is 18.8 Å². The lowest BCUT2D eigenvalue weighted by atomic mass is 10.1. The van der Waals surface area contributed by atoms with Gasteiger partial charge in [-0.25, -0.2) is 0 Å². The average molecular weight is 537 g/mol. The SMILES string of the molecule is COP(=O)(CCCCCCc1ccc2ccc3ccc(CCCCCCP(=O)(O)O)nc3c2n1)OC. The molecular weight excluding hydrogens is 498 g/mol. The molecule has 0 saturated carbocycles. The summed E-state index contributed by atoms with van der Waals surface area (Å²) in [6.45, 7) is 0. The summed E-state index contributed by atoms with van der Waals surface area (Å²) in [6, 6.07) is 12.5. The van der Waals surface area contributed by atoms with E-state index in [4.69, 9.17) is 28.8 Å². The number of rotatable bonds is 16. The van der Waals surface area contributed by atoms with Gasteiger partial charge in [0, 0.05) is 42.5 Å². The summed E-state index contributed by atoms with van der Waals surface area (Å²) in [4.78, 5) is 27.8. The third-order valence-electron chi connectivity index (χ3n) is 6.44. The van der Waals surface area contributed by atoms with Crippen LogP contribution in [0.2, 0.25) is 0 Å². The monoisotopic (exact) mass is 536 g/mol. The minimum absolute atomic E-state index is 0.0368. The Kier molecular flexibility index (Phi) is 11.0. The fourth-order valence-electron chi connectivity index (χ4n) is 4.33. The van der Waals surface area contributed by atoms with Crippen LogP contribution in [0.5, 0.6) is 0 Å². The van der Waals surface area contributed by atoms with E-state index in [1.165, 1.54) is 14.2 Å². The number of unbranched alkanes of at least 4 members (excludes halogenated alkanes) is 6. The molecule has 2 N–H and O–H groups in total. The zero-order valence-electron chi connectivity index (χ0n) is 21.3. The van der Waals surface area contributed by atoms with Gasteiger partial charge in [0.2, 0.25) is 0 Å². The maximum absolute atomic E-state index is 12.1. The Morgan fingerprint density at radius 3 is 1.50 bits per heavy atom. The number of aryl methyl sites for hydroxylation is 2. The van der Waals surface area contributed by atoms with Crippen LogP contribution in [0.4, 0.5) is 0 Å². The number of hydrogen-bond acceptors (Lipinski definition) is 6. The van der Waals surface area contributed by atoms with Crippen LogP contribution in [0.25, 0.3) is 21.8 Å². The number of nitrogens with zero attached hydrogens (tertiary/aromatic N) is 2. The second-order valence-corrected chi connectivity index (χ2v) is 13.4. The largest absolute Gasteiger partial charge is 0.330 e. The normalized spacial score (nSPS) is 12.6. The highest BCUT2D eigenvalue weighted by atomic mass is 31.2. The van der Waals surface area contributed by atoms with Crippen molar-refractivity contribution in [2.45, 2.75) is 64.2 Å². The minimum atomic E-state index is -3.89. The van der Waals surface area contributed by atoms with Crippen molar-refractivity contribution in [3.8, 4) is 0 Å². The maximum Gasteiger partial charge on any atom is 0.330 e. The Hall–Kier alpha value is -1.66. The van der Waals surface area contributed by atoms with Crippen molar-refractivity contribution in [1.29, 1.82) is 0 Å². The van der Waals surface area contributed by atoms with Crippen LogP contribution in [0.15, 0.2) is 36.4 Å². The predicted molar refractivity (Wildman–Crippen MR) is 145 cm³/mol. The van der Waals surface area contributed by atoms with Gasteiger partial charge in [-0.05, 0) is 50.7 Å². The predicted octanol–water partition coefficient (Wildman–Crippen LogP) is 6.65. The van der Waals surface area contributed by atoms with Gasteiger partial charge in [-0.15, -0.1) is 0 Å². The smallest absolute Gasteiger partial charge is 0.324 e. The molecule has 0 atom stereocenters. The fraction of sp³-hybridized carbons (Fsp3) is 0.538. The molecule has 0 aliphatic heterocycles. The first-order valence-corrected chi connectivity index (χ1v) is 16.2. The van der Waals surface area contributed by atoms with Crippen LogP contribution in [-0.4, -0.2) is 46.3 Å². The molecule has 0 radical (unpaired) electrons. The highest BCUT2D eigenvalue weighted by Crippen LogP contribution is 2.47. The second-order valence-electron chi connectivity index (χ2n) is 9.23. The van der Waals surface area contributed by atoms with Crippen LogP contribution in [-0.2, 0) is 31.0 Å². The standard InChI is InChI=1S/C26H38N2O6P2/c1-33-36(32,34-2)20-10-6-4-8-12-24-18-16-22-14-13-21-15-17-23(27-25(21)26(22)28-24)11-7-3-5-9-19-35(29,30)31/h13-18H,3-12,19-20H2,1-2H3,(H2,29,30,31). The summed E-state index contributed by atoms with van der Waals surface area (Å²) < 4.78 is 33.0. The molecule has 0 amide bonds. The van der Waals surface area contributed by atoms with E-state index in [0.717, 1.165) is 91.0 Å². The number of pyridine rings is 2. The van der Waals surface area contributed by atoms with E-state index in [1.807, 2.05) is 0 Å². The molecule has 0 unspecified atom stereocenters. The molecule has 0 spiro atoms. The van der Waals surface area contributed by atoms with E-state index < -0.39 is 15.2 Å². The number of hydrogen-bond donors (Lipinski definition) is 2.